The van der Waals surface area contributed by atoms with Crippen molar-refractivity contribution in [2.75, 3.05) is 39.3 Å². The molecule has 36 heavy (non-hydrogen) atoms. The van der Waals surface area contributed by atoms with E-state index in [1.807, 2.05) is 26.0 Å². The Labute approximate surface area is 209 Å². The number of rotatable bonds is 8. The lowest BCUT2D eigenvalue weighted by atomic mass is 10.1. The first-order valence-corrected chi connectivity index (χ1v) is 12.5. The van der Waals surface area contributed by atoms with Crippen molar-refractivity contribution >= 4 is 23.1 Å². The predicted molar refractivity (Wildman–Crippen MR) is 126 cm³/mol. The van der Waals surface area contributed by atoms with Crippen LogP contribution in [0.4, 0.5) is 0 Å². The SMILES string of the molecule is CCC[N+]1(OC(=O)C(=O)O[N+]2(CCC)CCC=C(c3nc(C)no3)C2)CCC=C(c2nc(C)no2)C1. The summed E-state index contributed by atoms with van der Waals surface area (Å²) in [6.07, 6.45) is 6.82. The van der Waals surface area contributed by atoms with Gasteiger partial charge in [0.2, 0.25) is 0 Å². The minimum Gasteiger partial charge on any atom is -0.334 e. The van der Waals surface area contributed by atoms with Gasteiger partial charge >= 0.3 is 11.9 Å². The van der Waals surface area contributed by atoms with Crippen LogP contribution < -0.4 is 0 Å². The molecule has 12 nitrogen and oxygen atoms in total. The zero-order valence-corrected chi connectivity index (χ0v) is 21.4. The van der Waals surface area contributed by atoms with E-state index >= 15 is 0 Å². The smallest absolute Gasteiger partial charge is 0.334 e. The molecule has 4 heterocycles. The molecule has 0 amide bonds. The first-order chi connectivity index (χ1) is 17.3. The van der Waals surface area contributed by atoms with Gasteiger partial charge in [-0.1, -0.05) is 36.3 Å². The zero-order valence-electron chi connectivity index (χ0n) is 21.4. The van der Waals surface area contributed by atoms with Gasteiger partial charge in [-0.2, -0.15) is 9.97 Å². The number of hydroxylamine groups is 6. The van der Waals surface area contributed by atoms with Crippen molar-refractivity contribution in [1.29, 1.82) is 0 Å². The Morgan fingerprint density at radius 2 is 1.22 bits per heavy atom. The molecule has 0 aliphatic carbocycles. The van der Waals surface area contributed by atoms with E-state index in [0.717, 1.165) is 24.0 Å². The second-order valence-corrected chi connectivity index (χ2v) is 9.41. The lowest BCUT2D eigenvalue weighted by Gasteiger charge is -2.38. The Morgan fingerprint density at radius 1 is 0.806 bits per heavy atom. The maximum absolute atomic E-state index is 13.1. The van der Waals surface area contributed by atoms with Crippen LogP contribution in [-0.4, -0.2) is 80.8 Å². The van der Waals surface area contributed by atoms with E-state index in [9.17, 15) is 9.59 Å². The average Bonchev–Trinajstić information content (AvgIpc) is 3.48. The second kappa shape index (κ2) is 10.7. The molecule has 2 aromatic heterocycles. The Kier molecular flexibility index (Phi) is 7.65. The molecule has 2 aromatic rings. The summed E-state index contributed by atoms with van der Waals surface area (Å²) >= 11 is 0. The quantitative estimate of drug-likeness (QED) is 0.392. The molecule has 0 spiro atoms. The minimum atomic E-state index is -1.01. The lowest BCUT2D eigenvalue weighted by Crippen LogP contribution is -2.56. The Bertz CT molecular complexity index is 1080. The molecule has 4 rings (SSSR count). The average molecular weight is 503 g/mol. The van der Waals surface area contributed by atoms with Crippen LogP contribution in [0.15, 0.2) is 21.2 Å². The fourth-order valence-electron chi connectivity index (χ4n) is 4.89. The topological polar surface area (TPSA) is 130 Å². The molecule has 2 aliphatic rings. The number of nitrogens with zero attached hydrogens (tertiary/aromatic N) is 6. The molecule has 194 valence electrons. The second-order valence-electron chi connectivity index (χ2n) is 9.41. The van der Waals surface area contributed by atoms with Gasteiger partial charge in [-0.05, 0) is 26.7 Å². The Balaban J connectivity index is 1.47. The first-order valence-electron chi connectivity index (χ1n) is 12.5. The molecular weight excluding hydrogens is 468 g/mol. The van der Waals surface area contributed by atoms with E-state index in [1.54, 1.807) is 13.8 Å². The molecule has 12 heteroatoms. The van der Waals surface area contributed by atoms with Crippen molar-refractivity contribution in [2.45, 2.75) is 53.4 Å². The van der Waals surface area contributed by atoms with Gasteiger partial charge in [0.05, 0.1) is 11.1 Å². The van der Waals surface area contributed by atoms with Gasteiger partial charge in [0, 0.05) is 12.8 Å². The van der Waals surface area contributed by atoms with Crippen LogP contribution in [0.3, 0.4) is 0 Å². The molecule has 0 saturated carbocycles. The van der Waals surface area contributed by atoms with Crippen LogP contribution in [0.25, 0.3) is 11.1 Å². The van der Waals surface area contributed by atoms with E-state index in [2.05, 4.69) is 20.3 Å². The van der Waals surface area contributed by atoms with Gasteiger partial charge < -0.3 is 9.05 Å². The highest BCUT2D eigenvalue weighted by Gasteiger charge is 2.44. The summed E-state index contributed by atoms with van der Waals surface area (Å²) in [6.45, 7) is 10.4. The number of hydrogen-bond acceptors (Lipinski definition) is 10. The third-order valence-electron chi connectivity index (χ3n) is 6.36. The monoisotopic (exact) mass is 502 g/mol. The van der Waals surface area contributed by atoms with Gasteiger partial charge in [-0.3, -0.25) is 9.68 Å². The molecular formula is C24H34N6O6+2. The molecule has 2 unspecified atom stereocenters. The van der Waals surface area contributed by atoms with Gasteiger partial charge in [-0.15, -0.1) is 9.29 Å². The number of carbonyl (C=O) groups is 2. The normalized spacial score (nSPS) is 24.1. The summed E-state index contributed by atoms with van der Waals surface area (Å²) in [6, 6.07) is 0. The van der Waals surface area contributed by atoms with Crippen LogP contribution in [0, 0.1) is 13.8 Å². The van der Waals surface area contributed by atoms with Gasteiger partial charge in [0.15, 0.2) is 11.6 Å². The molecule has 0 bridgehead atoms. The molecule has 0 fully saturated rings. The number of carbonyl (C=O) groups excluding carboxylic acids is 2. The van der Waals surface area contributed by atoms with E-state index in [-0.39, 0.29) is 9.29 Å². The zero-order chi connectivity index (χ0) is 25.8. The summed E-state index contributed by atoms with van der Waals surface area (Å²) in [4.78, 5) is 46.4. The van der Waals surface area contributed by atoms with E-state index in [1.165, 1.54) is 0 Å². The maximum atomic E-state index is 13.1. The van der Waals surface area contributed by atoms with Crippen LogP contribution in [0.5, 0.6) is 0 Å². The fraction of sp³-hybridized carbons (Fsp3) is 0.583. The minimum absolute atomic E-state index is 0.0299. The van der Waals surface area contributed by atoms with E-state index in [0.29, 0.717) is 75.5 Å². The number of aromatic nitrogens is 4. The molecule has 0 aromatic carbocycles. The number of quaternary nitrogens is 2. The Hall–Kier alpha value is -3.38. The molecule has 0 saturated heterocycles. The van der Waals surface area contributed by atoms with Crippen LogP contribution in [0.1, 0.15) is 63.0 Å². The van der Waals surface area contributed by atoms with Crippen molar-refractivity contribution in [1.82, 2.24) is 20.3 Å². The van der Waals surface area contributed by atoms with E-state index < -0.39 is 11.9 Å². The van der Waals surface area contributed by atoms with Crippen LogP contribution in [0.2, 0.25) is 0 Å². The lowest BCUT2D eigenvalue weighted by molar-refractivity contribution is -1.09. The third-order valence-corrected chi connectivity index (χ3v) is 6.36. The summed E-state index contributed by atoms with van der Waals surface area (Å²) in [7, 11) is 0. The van der Waals surface area contributed by atoms with Gasteiger partial charge in [0.1, 0.15) is 39.3 Å². The standard InChI is InChI=1S/C24H34N6O6/c1-5-11-29(13-7-9-19(15-29)21-25-17(3)27-33-21)35-23(31)24(32)36-30(12-6-2)14-8-10-20(16-30)22-26-18(4)28-34-22/h9-10H,5-8,11-16H2,1-4H3/q+2. The van der Waals surface area contributed by atoms with Crippen molar-refractivity contribution in [3.05, 3.63) is 35.6 Å². The summed E-state index contributed by atoms with van der Waals surface area (Å²) in [5.41, 5.74) is 1.60. The Morgan fingerprint density at radius 3 is 1.56 bits per heavy atom. The van der Waals surface area contributed by atoms with Gasteiger partial charge in [0.25, 0.3) is 11.8 Å². The maximum Gasteiger partial charge on any atom is 0.480 e. The van der Waals surface area contributed by atoms with Crippen molar-refractivity contribution < 1.29 is 37.6 Å². The van der Waals surface area contributed by atoms with Gasteiger partial charge in [-0.25, -0.2) is 9.59 Å². The molecule has 2 aliphatic heterocycles. The third kappa shape index (κ3) is 5.71. The first kappa shape index (κ1) is 25.7. The summed E-state index contributed by atoms with van der Waals surface area (Å²) < 4.78 is 10.6. The number of hydrogen-bond donors (Lipinski definition) is 0. The summed E-state index contributed by atoms with van der Waals surface area (Å²) in [5, 5.41) is 7.71. The highest BCUT2D eigenvalue weighted by Crippen LogP contribution is 2.29. The summed E-state index contributed by atoms with van der Waals surface area (Å²) in [5.74, 6) is -0.154. The molecule has 0 N–H and O–H groups in total. The molecule has 2 atom stereocenters. The fourth-order valence-corrected chi connectivity index (χ4v) is 4.89. The van der Waals surface area contributed by atoms with Crippen LogP contribution in [-0.2, 0) is 19.3 Å². The number of aryl methyl sites for hydroxylation is 2. The largest absolute Gasteiger partial charge is 0.480 e. The predicted octanol–water partition coefficient (Wildman–Crippen LogP) is 2.71. The van der Waals surface area contributed by atoms with Crippen molar-refractivity contribution in [3.63, 3.8) is 0 Å². The van der Waals surface area contributed by atoms with Crippen LogP contribution >= 0.6 is 0 Å². The highest BCUT2D eigenvalue weighted by atomic mass is 16.8. The van der Waals surface area contributed by atoms with E-state index in [4.69, 9.17) is 18.7 Å². The van der Waals surface area contributed by atoms with Crippen molar-refractivity contribution in [2.24, 2.45) is 0 Å². The molecule has 0 radical (unpaired) electrons. The highest BCUT2D eigenvalue weighted by molar-refractivity contribution is 6.29. The van der Waals surface area contributed by atoms with Crippen molar-refractivity contribution in [3.8, 4) is 0 Å².